The van der Waals surface area contributed by atoms with E-state index in [9.17, 15) is 0 Å². The van der Waals surface area contributed by atoms with Gasteiger partial charge in [-0.25, -0.2) is 0 Å². The Balaban J connectivity index is 2.80. The molecule has 0 aromatic heterocycles. The third-order valence-corrected chi connectivity index (χ3v) is 0. The Morgan fingerprint density at radius 3 is 2.00 bits per heavy atom. The number of rotatable bonds is 0. The van der Waals surface area contributed by atoms with Crippen LogP contribution >= 0.6 is 0 Å². The van der Waals surface area contributed by atoms with Crippen LogP contribution < -0.4 is 0 Å². The van der Waals surface area contributed by atoms with Crippen LogP contribution in [-0.4, -0.2) is 11.0 Å². The van der Waals surface area contributed by atoms with Crippen molar-refractivity contribution in [1.82, 2.24) is 0 Å². The predicted octanol–water partition coefficient (Wildman–Crippen LogP) is -0.334. The summed E-state index contributed by atoms with van der Waals surface area (Å²) in [5.41, 5.74) is 0. The zero-order valence-electron chi connectivity index (χ0n) is 2.28. The molecule has 4 heavy (non-hydrogen) atoms. The van der Waals surface area contributed by atoms with E-state index in [1.165, 1.54) is 24.2 Å². The van der Waals surface area contributed by atoms with Crippen LogP contribution in [0.1, 0.15) is 0 Å². The fraction of sp³-hybridized carbons (Fsp3) is 0. The Kier molecular flexibility index (Phi) is 2.51. The van der Waals surface area contributed by atoms with Gasteiger partial charge in [0.1, 0.15) is 0 Å². The van der Waals surface area contributed by atoms with Crippen molar-refractivity contribution in [3.8, 4) is 0 Å². The molecule has 0 aliphatic carbocycles. The van der Waals surface area contributed by atoms with Crippen LogP contribution in [0.25, 0.3) is 0 Å². The van der Waals surface area contributed by atoms with Gasteiger partial charge in [0, 0.05) is 0 Å². The summed E-state index contributed by atoms with van der Waals surface area (Å²) in [5, 5.41) is 0. The van der Waals surface area contributed by atoms with Crippen LogP contribution in [-0.2, 0) is 24.2 Å². The van der Waals surface area contributed by atoms with Gasteiger partial charge in [0.2, 0.25) is 0 Å². The monoisotopic (exact) mass is 127 g/mol. The van der Waals surface area contributed by atoms with Gasteiger partial charge in [0.25, 0.3) is 0 Å². The first kappa shape index (κ1) is 4.82. The fourth-order valence-corrected chi connectivity index (χ4v) is 0. The molecule has 2 heteroatoms. The Morgan fingerprint density at radius 1 is 2.00 bits per heavy atom. The molecule has 0 atom stereocenters. The van der Waals surface area contributed by atoms with Gasteiger partial charge in [0.15, 0.2) is 0 Å². The molecule has 0 aromatic carbocycles. The van der Waals surface area contributed by atoms with Crippen LogP contribution in [0, 0.1) is 6.92 Å². The molecule has 0 N–H and O–H groups in total. The van der Waals surface area contributed by atoms with E-state index in [-0.39, 0.29) is 0 Å². The molecule has 0 amide bonds. The topological polar surface area (TPSA) is 0 Å². The summed E-state index contributed by atoms with van der Waals surface area (Å²) in [6.07, 6.45) is 0. The van der Waals surface area contributed by atoms with Crippen LogP contribution in [0.3, 0.4) is 0 Å². The molecule has 2 radical (unpaired) electrons. The molecule has 0 aromatic rings. The summed E-state index contributed by atoms with van der Waals surface area (Å²) < 4.78 is 0.757. The van der Waals surface area contributed by atoms with Gasteiger partial charge < -0.3 is 0 Å². The van der Waals surface area contributed by atoms with Crippen molar-refractivity contribution in [3.63, 3.8) is 0 Å². The van der Waals surface area contributed by atoms with Gasteiger partial charge in [-0.05, 0) is 0 Å². The molecule has 0 fully saturated rings. The van der Waals surface area contributed by atoms with E-state index >= 15 is 0 Å². The van der Waals surface area contributed by atoms with E-state index in [0.717, 1.165) is 3.11 Å². The molecular formula is C2H2BZr-. The van der Waals surface area contributed by atoms with Gasteiger partial charge in [-0.15, -0.1) is 0 Å². The van der Waals surface area contributed by atoms with E-state index in [2.05, 4.69) is 6.92 Å². The van der Waals surface area contributed by atoms with E-state index in [1.807, 2.05) is 0 Å². The maximum atomic E-state index is 4.96. The second-order valence-electron chi connectivity index (χ2n) is 0.525. The molecule has 0 bridgehead atoms. The van der Waals surface area contributed by atoms with Crippen molar-refractivity contribution in [2.24, 2.45) is 0 Å². The number of hydrogen-bond donors (Lipinski definition) is 0. The van der Waals surface area contributed by atoms with E-state index < -0.39 is 0 Å². The first-order chi connectivity index (χ1) is 1.73. The quantitative estimate of drug-likeness (QED) is 0.309. The van der Waals surface area contributed by atoms with Crippen molar-refractivity contribution in [3.05, 3.63) is 6.92 Å². The molecule has 0 aliphatic rings. The van der Waals surface area contributed by atoms with Crippen molar-refractivity contribution >= 4 is 11.0 Å². The SMILES string of the molecule is [B][C]([CH2-])=[Zr]. The molecule has 0 rings (SSSR count). The average molecular weight is 128 g/mol. The van der Waals surface area contributed by atoms with Crippen LogP contribution in [0.15, 0.2) is 0 Å². The molecule has 0 saturated heterocycles. The first-order valence-corrected chi connectivity index (χ1v) is 2.12. The van der Waals surface area contributed by atoms with Gasteiger partial charge in [0.05, 0.1) is 0 Å². The van der Waals surface area contributed by atoms with E-state index in [1.54, 1.807) is 0 Å². The number of hydrogen-bond acceptors (Lipinski definition) is 0. The summed E-state index contributed by atoms with van der Waals surface area (Å²) in [5.74, 6) is 0. The van der Waals surface area contributed by atoms with Gasteiger partial charge in [-0.2, -0.15) is 0 Å². The van der Waals surface area contributed by atoms with Crippen molar-refractivity contribution in [2.75, 3.05) is 0 Å². The summed E-state index contributed by atoms with van der Waals surface area (Å²) in [4.78, 5) is 0. The predicted molar refractivity (Wildman–Crippen MR) is 16.1 cm³/mol. The normalized spacial score (nSPS) is 6.00. The Bertz CT molecular complexity index is 29.0. The molecule has 0 nitrogen and oxygen atoms in total. The Morgan fingerprint density at radius 2 is 2.00 bits per heavy atom. The third-order valence-electron chi connectivity index (χ3n) is 0. The van der Waals surface area contributed by atoms with Crippen molar-refractivity contribution < 1.29 is 24.2 Å². The molecule has 0 heterocycles. The summed E-state index contributed by atoms with van der Waals surface area (Å²) in [7, 11) is 4.96. The summed E-state index contributed by atoms with van der Waals surface area (Å²) >= 11 is 1.22. The molecule has 0 saturated carbocycles. The maximum absolute atomic E-state index is 4.96. The third kappa shape index (κ3) is 13.9. The Hall–Kier alpha value is 0.818. The minimum absolute atomic E-state index is 0.757. The zero-order valence-corrected chi connectivity index (χ0v) is 4.74. The van der Waals surface area contributed by atoms with E-state index in [4.69, 9.17) is 7.85 Å². The summed E-state index contributed by atoms with van der Waals surface area (Å²) in [6, 6.07) is 0. The Labute approximate surface area is 42.3 Å². The molecule has 18 valence electrons. The first-order valence-electron chi connectivity index (χ1n) is 0.892. The molecular weight excluding hydrogens is 126 g/mol. The van der Waals surface area contributed by atoms with Crippen LogP contribution in [0.5, 0.6) is 0 Å². The summed E-state index contributed by atoms with van der Waals surface area (Å²) in [6.45, 7) is 3.37. The van der Waals surface area contributed by atoms with E-state index in [0.29, 0.717) is 0 Å². The zero-order chi connectivity index (χ0) is 3.58. The molecule has 0 aliphatic heterocycles. The molecule has 0 spiro atoms. The second-order valence-corrected chi connectivity index (χ2v) is 2.10. The molecule has 0 unspecified atom stereocenters. The second kappa shape index (κ2) is 2.08. The van der Waals surface area contributed by atoms with Gasteiger partial charge in [-0.3, -0.25) is 0 Å². The fourth-order valence-electron chi connectivity index (χ4n) is 0. The average Bonchev–Trinajstić information content (AvgIpc) is 0.811. The van der Waals surface area contributed by atoms with Crippen molar-refractivity contribution in [2.45, 2.75) is 0 Å². The van der Waals surface area contributed by atoms with Gasteiger partial charge >= 0.3 is 42.1 Å². The van der Waals surface area contributed by atoms with Gasteiger partial charge in [-0.1, -0.05) is 0 Å². The van der Waals surface area contributed by atoms with Crippen molar-refractivity contribution in [1.29, 1.82) is 0 Å². The minimum atomic E-state index is 0.757. The van der Waals surface area contributed by atoms with Crippen LogP contribution in [0.2, 0.25) is 0 Å². The van der Waals surface area contributed by atoms with Crippen LogP contribution in [0.4, 0.5) is 0 Å². The standard InChI is InChI=1S/C2H2B.Zr/c1-2-3;/h1H2;/q-1;.